The number of carbonyl (C=O) groups excluding carboxylic acids is 4. The van der Waals surface area contributed by atoms with Crippen molar-refractivity contribution in [3.8, 4) is 0 Å². The van der Waals surface area contributed by atoms with Gasteiger partial charge in [0.2, 0.25) is 11.8 Å². The predicted octanol–water partition coefficient (Wildman–Crippen LogP) is -0.101. The first-order chi connectivity index (χ1) is 14.6. The van der Waals surface area contributed by atoms with Crippen molar-refractivity contribution < 1.29 is 38.9 Å². The lowest BCUT2D eigenvalue weighted by Crippen LogP contribution is -2.57. The average molecular weight is 445 g/mol. The van der Waals surface area contributed by atoms with Gasteiger partial charge in [0.15, 0.2) is 12.1 Å². The molecule has 2 atom stereocenters. The molecule has 0 bridgehead atoms. The van der Waals surface area contributed by atoms with Crippen LogP contribution in [0.4, 0.5) is 0 Å². The Bertz CT molecular complexity index is 581. The van der Waals surface area contributed by atoms with Gasteiger partial charge >= 0.3 is 11.9 Å². The van der Waals surface area contributed by atoms with E-state index >= 15 is 0 Å². The number of aliphatic hydroxyl groups is 2. The Morgan fingerprint density at radius 2 is 1.13 bits per heavy atom. The number of hydrogen-bond acceptors (Lipinski definition) is 8. The first-order valence-electron chi connectivity index (χ1n) is 10.7. The number of ether oxygens (including phenoxy) is 2. The molecule has 31 heavy (non-hydrogen) atoms. The minimum Gasteiger partial charge on any atom is -0.464 e. The summed E-state index contributed by atoms with van der Waals surface area (Å²) in [6.45, 7) is 6.30. The Morgan fingerprint density at radius 1 is 0.774 bits per heavy atom. The zero-order valence-electron chi connectivity index (χ0n) is 18.8. The van der Waals surface area contributed by atoms with Crippen LogP contribution in [0.25, 0.3) is 0 Å². The van der Waals surface area contributed by atoms with E-state index in [2.05, 4.69) is 10.6 Å². The lowest BCUT2D eigenvalue weighted by atomic mass is 9.83. The molecule has 1 aliphatic carbocycles. The van der Waals surface area contributed by atoms with Crippen LogP contribution < -0.4 is 10.6 Å². The molecule has 4 N–H and O–H groups in total. The second kappa shape index (κ2) is 12.6. The third-order valence-electron chi connectivity index (χ3n) is 4.99. The van der Waals surface area contributed by atoms with Crippen LogP contribution in [0, 0.1) is 17.3 Å². The van der Waals surface area contributed by atoms with E-state index < -0.39 is 54.5 Å². The number of rotatable bonds is 12. The van der Waals surface area contributed by atoms with E-state index in [0.717, 1.165) is 0 Å². The van der Waals surface area contributed by atoms with Crippen LogP contribution in [0.3, 0.4) is 0 Å². The SMILES string of the molecule is CC(C)COC(=O)[C@@H](CO)NC(=O)C1(C(=O)N[C@H](CO)C(=O)OCC(C)C)CCCC1. The minimum absolute atomic E-state index is 0.0804. The number of carbonyl (C=O) groups is 4. The summed E-state index contributed by atoms with van der Waals surface area (Å²) in [4.78, 5) is 50.3. The highest BCUT2D eigenvalue weighted by atomic mass is 16.5. The summed E-state index contributed by atoms with van der Waals surface area (Å²) in [7, 11) is 0. The first kappa shape index (κ1) is 26.8. The zero-order chi connectivity index (χ0) is 23.6. The van der Waals surface area contributed by atoms with Gasteiger partial charge in [-0.1, -0.05) is 40.5 Å². The normalized spacial score (nSPS) is 17.2. The lowest BCUT2D eigenvalue weighted by Gasteiger charge is -2.29. The molecule has 0 saturated heterocycles. The molecule has 0 spiro atoms. The van der Waals surface area contributed by atoms with Gasteiger partial charge < -0.3 is 30.3 Å². The third-order valence-corrected chi connectivity index (χ3v) is 4.99. The Balaban J connectivity index is 2.88. The number of hydrogen-bond donors (Lipinski definition) is 4. The topological polar surface area (TPSA) is 151 Å². The van der Waals surface area contributed by atoms with Crippen molar-refractivity contribution in [2.75, 3.05) is 26.4 Å². The number of nitrogens with one attached hydrogen (secondary N) is 2. The van der Waals surface area contributed by atoms with Gasteiger partial charge in [-0.3, -0.25) is 9.59 Å². The van der Waals surface area contributed by atoms with E-state index in [1.165, 1.54) is 0 Å². The van der Waals surface area contributed by atoms with Crippen LogP contribution in [0.5, 0.6) is 0 Å². The molecular formula is C21H36N2O8. The van der Waals surface area contributed by atoms with Gasteiger partial charge in [0, 0.05) is 0 Å². The van der Waals surface area contributed by atoms with Crippen LogP contribution in [0.2, 0.25) is 0 Å². The molecule has 178 valence electrons. The van der Waals surface area contributed by atoms with Crippen LogP contribution in [0.15, 0.2) is 0 Å². The van der Waals surface area contributed by atoms with Crippen molar-refractivity contribution in [1.82, 2.24) is 10.6 Å². The second-order valence-electron chi connectivity index (χ2n) is 8.75. The number of esters is 2. The average Bonchev–Trinajstić information content (AvgIpc) is 3.23. The van der Waals surface area contributed by atoms with Crippen molar-refractivity contribution >= 4 is 23.8 Å². The summed E-state index contributed by atoms with van der Waals surface area (Å²) < 4.78 is 10.1. The maximum absolute atomic E-state index is 13.0. The lowest BCUT2D eigenvalue weighted by molar-refractivity contribution is -0.155. The molecule has 0 unspecified atom stereocenters. The standard InChI is InChI=1S/C21H36N2O8/c1-13(2)11-30-17(26)15(9-24)22-19(28)21(7-5-6-8-21)20(29)23-16(10-25)18(27)31-12-14(3)4/h13-16,24-25H,5-12H2,1-4H3,(H,22,28)(H,23,29)/t15-,16-/m1/s1. The molecule has 10 nitrogen and oxygen atoms in total. The van der Waals surface area contributed by atoms with Gasteiger partial charge in [0.05, 0.1) is 26.4 Å². The molecule has 1 rings (SSSR count). The largest absolute Gasteiger partial charge is 0.464 e. The molecule has 0 aromatic carbocycles. The van der Waals surface area contributed by atoms with Crippen LogP contribution in [-0.4, -0.2) is 72.5 Å². The van der Waals surface area contributed by atoms with Gasteiger partial charge in [-0.15, -0.1) is 0 Å². The van der Waals surface area contributed by atoms with Crippen molar-refractivity contribution in [3.05, 3.63) is 0 Å². The molecule has 1 fully saturated rings. The molecule has 0 heterocycles. The fourth-order valence-corrected chi connectivity index (χ4v) is 3.19. The molecule has 0 radical (unpaired) electrons. The van der Waals surface area contributed by atoms with E-state index in [-0.39, 0.29) is 37.9 Å². The minimum atomic E-state index is -1.52. The first-order valence-corrected chi connectivity index (χ1v) is 10.7. The Morgan fingerprint density at radius 3 is 1.42 bits per heavy atom. The van der Waals surface area contributed by atoms with E-state index in [1.54, 1.807) is 0 Å². The summed E-state index contributed by atoms with van der Waals surface area (Å²) in [5, 5.41) is 23.9. The molecule has 0 aromatic rings. The smallest absolute Gasteiger partial charge is 0.331 e. The fourth-order valence-electron chi connectivity index (χ4n) is 3.19. The van der Waals surface area contributed by atoms with Crippen molar-refractivity contribution in [1.29, 1.82) is 0 Å². The summed E-state index contributed by atoms with van der Waals surface area (Å²) in [5.41, 5.74) is -1.52. The quantitative estimate of drug-likeness (QED) is 0.241. The Labute approximate surface area is 183 Å². The molecule has 1 saturated carbocycles. The highest BCUT2D eigenvalue weighted by molar-refractivity contribution is 6.07. The predicted molar refractivity (Wildman–Crippen MR) is 111 cm³/mol. The second-order valence-corrected chi connectivity index (χ2v) is 8.75. The highest BCUT2D eigenvalue weighted by Gasteiger charge is 2.49. The highest BCUT2D eigenvalue weighted by Crippen LogP contribution is 2.39. The molecule has 0 aromatic heterocycles. The van der Waals surface area contributed by atoms with E-state index in [1.807, 2.05) is 27.7 Å². The number of aliphatic hydroxyl groups excluding tert-OH is 2. The maximum atomic E-state index is 13.0. The van der Waals surface area contributed by atoms with Gasteiger partial charge in [0.1, 0.15) is 5.41 Å². The van der Waals surface area contributed by atoms with Crippen LogP contribution in [0.1, 0.15) is 53.4 Å². The molecule has 2 amide bonds. The fraction of sp³-hybridized carbons (Fsp3) is 0.810. The van der Waals surface area contributed by atoms with Crippen molar-refractivity contribution in [3.63, 3.8) is 0 Å². The zero-order valence-corrected chi connectivity index (χ0v) is 18.8. The Hall–Kier alpha value is -2.20. The summed E-state index contributed by atoms with van der Waals surface area (Å²) in [6, 6.07) is -2.61. The van der Waals surface area contributed by atoms with Crippen molar-refractivity contribution in [2.24, 2.45) is 17.3 Å². The third kappa shape index (κ3) is 7.77. The molecule has 10 heteroatoms. The summed E-state index contributed by atoms with van der Waals surface area (Å²) in [5.74, 6) is -2.87. The van der Waals surface area contributed by atoms with E-state index in [9.17, 15) is 29.4 Å². The summed E-state index contributed by atoms with van der Waals surface area (Å²) in [6.07, 6.45) is 1.63. The van der Waals surface area contributed by atoms with Crippen LogP contribution >= 0.6 is 0 Å². The number of amides is 2. The van der Waals surface area contributed by atoms with Gasteiger partial charge in [-0.2, -0.15) is 0 Å². The summed E-state index contributed by atoms with van der Waals surface area (Å²) >= 11 is 0. The maximum Gasteiger partial charge on any atom is 0.331 e. The van der Waals surface area contributed by atoms with Crippen molar-refractivity contribution in [2.45, 2.75) is 65.5 Å². The van der Waals surface area contributed by atoms with Gasteiger partial charge in [-0.25, -0.2) is 9.59 Å². The Kier molecular flexibility index (Phi) is 10.9. The van der Waals surface area contributed by atoms with E-state index in [4.69, 9.17) is 9.47 Å². The van der Waals surface area contributed by atoms with Gasteiger partial charge in [-0.05, 0) is 24.7 Å². The monoisotopic (exact) mass is 444 g/mol. The molecule has 0 aliphatic heterocycles. The molecule has 1 aliphatic rings. The van der Waals surface area contributed by atoms with E-state index in [0.29, 0.717) is 12.8 Å². The van der Waals surface area contributed by atoms with Gasteiger partial charge in [0.25, 0.3) is 0 Å². The van der Waals surface area contributed by atoms with Crippen LogP contribution in [-0.2, 0) is 28.7 Å². The molecular weight excluding hydrogens is 408 g/mol.